The molecule has 1 atom stereocenters. The number of hydrogen-bond donors (Lipinski definition) is 2. The Balaban J connectivity index is 1.83. The van der Waals surface area contributed by atoms with Crippen LogP contribution in [0.2, 0.25) is 0 Å². The Labute approximate surface area is 150 Å². The minimum atomic E-state index is -0.323. The van der Waals surface area contributed by atoms with E-state index in [-0.39, 0.29) is 23.3 Å². The van der Waals surface area contributed by atoms with Crippen LogP contribution in [0.25, 0.3) is 10.9 Å². The number of rotatable bonds is 5. The lowest BCUT2D eigenvalue weighted by Crippen LogP contribution is -2.35. The zero-order valence-corrected chi connectivity index (χ0v) is 14.6. The zero-order valence-electron chi connectivity index (χ0n) is 14.6. The molecule has 6 heteroatoms. The normalized spacial score (nSPS) is 12.3. The number of pyridine rings is 1. The number of fused-ring (bicyclic) bond motifs is 1. The second-order valence-corrected chi connectivity index (χ2v) is 6.33. The molecule has 26 heavy (non-hydrogen) atoms. The summed E-state index contributed by atoms with van der Waals surface area (Å²) in [6.45, 7) is 0.332. The number of nitrogens with zero attached hydrogens (tertiary/aromatic N) is 1. The molecule has 0 saturated heterocycles. The van der Waals surface area contributed by atoms with Crippen molar-refractivity contribution < 1.29 is 9.18 Å². The van der Waals surface area contributed by atoms with Crippen molar-refractivity contribution >= 4 is 16.8 Å². The van der Waals surface area contributed by atoms with Crippen LogP contribution < -0.4 is 10.9 Å². The number of halogens is 1. The van der Waals surface area contributed by atoms with Crippen LogP contribution in [-0.2, 0) is 0 Å². The van der Waals surface area contributed by atoms with Crippen LogP contribution in [0.5, 0.6) is 0 Å². The number of amides is 1. The molecule has 0 spiro atoms. The summed E-state index contributed by atoms with van der Waals surface area (Å²) in [7, 11) is 3.78. The van der Waals surface area contributed by atoms with Gasteiger partial charge in [-0.1, -0.05) is 30.3 Å². The second kappa shape index (κ2) is 7.49. The van der Waals surface area contributed by atoms with Gasteiger partial charge >= 0.3 is 0 Å². The Kier molecular flexibility index (Phi) is 5.14. The van der Waals surface area contributed by atoms with Gasteiger partial charge in [-0.15, -0.1) is 0 Å². The van der Waals surface area contributed by atoms with E-state index in [1.54, 1.807) is 30.3 Å². The largest absolute Gasteiger partial charge is 0.350 e. The van der Waals surface area contributed by atoms with E-state index in [1.807, 2.05) is 25.1 Å². The molecule has 3 aromatic rings. The van der Waals surface area contributed by atoms with E-state index in [2.05, 4.69) is 10.3 Å². The van der Waals surface area contributed by atoms with Crippen molar-refractivity contribution in [1.82, 2.24) is 15.2 Å². The van der Waals surface area contributed by atoms with Gasteiger partial charge in [-0.05, 0) is 37.9 Å². The predicted octanol–water partition coefficient (Wildman–Crippen LogP) is 2.70. The lowest BCUT2D eigenvalue weighted by Gasteiger charge is -2.25. The van der Waals surface area contributed by atoms with E-state index in [1.165, 1.54) is 18.2 Å². The van der Waals surface area contributed by atoms with Gasteiger partial charge in [0, 0.05) is 23.5 Å². The third-order valence-electron chi connectivity index (χ3n) is 4.33. The van der Waals surface area contributed by atoms with Gasteiger partial charge in [0.1, 0.15) is 5.82 Å². The molecule has 2 aromatic carbocycles. The first-order valence-corrected chi connectivity index (χ1v) is 8.28. The summed E-state index contributed by atoms with van der Waals surface area (Å²) >= 11 is 0. The van der Waals surface area contributed by atoms with Crippen LogP contribution >= 0.6 is 0 Å². The van der Waals surface area contributed by atoms with Gasteiger partial charge in [-0.25, -0.2) is 4.39 Å². The topological polar surface area (TPSA) is 65.2 Å². The molecule has 0 saturated carbocycles. The average molecular weight is 353 g/mol. The molecule has 0 bridgehead atoms. The number of likely N-dealkylation sites (N-methyl/N-ethyl adjacent to an activating group) is 1. The summed E-state index contributed by atoms with van der Waals surface area (Å²) in [6, 6.07) is 14.6. The molecule has 0 radical (unpaired) electrons. The van der Waals surface area contributed by atoms with Crippen LogP contribution in [0.3, 0.4) is 0 Å². The van der Waals surface area contributed by atoms with Crippen LogP contribution in [0.15, 0.2) is 59.4 Å². The number of hydrogen-bond acceptors (Lipinski definition) is 3. The van der Waals surface area contributed by atoms with E-state index >= 15 is 0 Å². The van der Waals surface area contributed by atoms with Gasteiger partial charge in [0.05, 0.1) is 11.6 Å². The lowest BCUT2D eigenvalue weighted by atomic mass is 10.0. The molecule has 3 rings (SSSR count). The molecule has 2 N–H and O–H groups in total. The maximum Gasteiger partial charge on any atom is 0.252 e. The van der Waals surface area contributed by atoms with Crippen molar-refractivity contribution in [3.05, 3.63) is 81.9 Å². The molecule has 0 aliphatic rings. The van der Waals surface area contributed by atoms with Gasteiger partial charge in [-0.3, -0.25) is 9.59 Å². The van der Waals surface area contributed by atoms with E-state index in [0.717, 1.165) is 5.56 Å². The molecule has 0 fully saturated rings. The van der Waals surface area contributed by atoms with E-state index in [9.17, 15) is 14.0 Å². The number of aromatic nitrogens is 1. The predicted molar refractivity (Wildman–Crippen MR) is 99.7 cm³/mol. The quantitative estimate of drug-likeness (QED) is 0.741. The second-order valence-electron chi connectivity index (χ2n) is 6.33. The summed E-state index contributed by atoms with van der Waals surface area (Å²) in [5, 5.41) is 3.57. The number of aromatic amines is 1. The molecular weight excluding hydrogens is 333 g/mol. The molecule has 0 aliphatic heterocycles. The average Bonchev–Trinajstić information content (AvgIpc) is 2.62. The van der Waals surface area contributed by atoms with Crippen molar-refractivity contribution in [2.75, 3.05) is 20.6 Å². The summed E-state index contributed by atoms with van der Waals surface area (Å²) in [5.74, 6) is -0.619. The van der Waals surface area contributed by atoms with E-state index < -0.39 is 0 Å². The molecule has 1 amide bonds. The van der Waals surface area contributed by atoms with Gasteiger partial charge in [0.15, 0.2) is 0 Å². The highest BCUT2D eigenvalue weighted by Crippen LogP contribution is 2.19. The molecule has 0 aliphatic carbocycles. The van der Waals surface area contributed by atoms with Crippen molar-refractivity contribution in [2.45, 2.75) is 6.04 Å². The van der Waals surface area contributed by atoms with E-state index in [4.69, 9.17) is 0 Å². The van der Waals surface area contributed by atoms with E-state index in [0.29, 0.717) is 23.0 Å². The van der Waals surface area contributed by atoms with Gasteiger partial charge in [0.25, 0.3) is 5.91 Å². The fourth-order valence-corrected chi connectivity index (χ4v) is 2.96. The first-order chi connectivity index (χ1) is 12.5. The molecule has 5 nitrogen and oxygen atoms in total. The highest BCUT2D eigenvalue weighted by Gasteiger charge is 2.17. The number of para-hydroxylation sites is 1. The van der Waals surface area contributed by atoms with Crippen LogP contribution in [0, 0.1) is 5.82 Å². The van der Waals surface area contributed by atoms with Gasteiger partial charge in [0.2, 0.25) is 5.56 Å². The number of carbonyl (C=O) groups is 1. The maximum absolute atomic E-state index is 13.2. The summed E-state index contributed by atoms with van der Waals surface area (Å²) in [5.41, 5.74) is 1.53. The molecule has 1 heterocycles. The fourth-order valence-electron chi connectivity index (χ4n) is 2.96. The van der Waals surface area contributed by atoms with Gasteiger partial charge in [-0.2, -0.15) is 0 Å². The minimum absolute atomic E-state index is 0.118. The van der Waals surface area contributed by atoms with Crippen LogP contribution in [0.1, 0.15) is 22.0 Å². The first-order valence-electron chi connectivity index (χ1n) is 8.28. The minimum Gasteiger partial charge on any atom is -0.350 e. The number of H-pyrrole nitrogens is 1. The molecular formula is C20H20FN3O2. The Morgan fingerprint density at radius 1 is 1.15 bits per heavy atom. The lowest BCUT2D eigenvalue weighted by molar-refractivity contribution is 0.0943. The third kappa shape index (κ3) is 3.81. The van der Waals surface area contributed by atoms with Crippen molar-refractivity contribution in [3.63, 3.8) is 0 Å². The standard InChI is InChI=1S/C20H20FN3O2/c1-24(2)18(13-7-9-14(21)10-8-13)12-22-20(26)16-11-19(25)23-17-6-4-3-5-15(16)17/h3-11,18H,12H2,1-2H3,(H,22,26)(H,23,25)/t18-/m0/s1. The van der Waals surface area contributed by atoms with Crippen LogP contribution in [0.4, 0.5) is 4.39 Å². The summed E-state index contributed by atoms with van der Waals surface area (Å²) in [4.78, 5) is 29.2. The zero-order chi connectivity index (χ0) is 18.7. The van der Waals surface area contributed by atoms with Crippen LogP contribution in [-0.4, -0.2) is 36.4 Å². The molecule has 134 valence electrons. The number of carbonyl (C=O) groups excluding carboxylic acids is 1. The van der Waals surface area contributed by atoms with Gasteiger partial charge < -0.3 is 15.2 Å². The number of benzene rings is 2. The van der Waals surface area contributed by atoms with Crippen molar-refractivity contribution in [3.8, 4) is 0 Å². The SMILES string of the molecule is CN(C)[C@@H](CNC(=O)c1cc(=O)[nH]c2ccccc12)c1ccc(F)cc1. The third-order valence-corrected chi connectivity index (χ3v) is 4.33. The maximum atomic E-state index is 13.2. The first kappa shape index (κ1) is 17.8. The molecule has 1 aromatic heterocycles. The Morgan fingerprint density at radius 3 is 2.54 bits per heavy atom. The monoisotopic (exact) mass is 353 g/mol. The highest BCUT2D eigenvalue weighted by molar-refractivity contribution is 6.05. The Bertz CT molecular complexity index is 980. The smallest absolute Gasteiger partial charge is 0.252 e. The summed E-state index contributed by atoms with van der Waals surface area (Å²) < 4.78 is 13.2. The summed E-state index contributed by atoms with van der Waals surface area (Å²) in [6.07, 6.45) is 0. The Morgan fingerprint density at radius 2 is 1.85 bits per heavy atom. The fraction of sp³-hybridized carbons (Fsp3) is 0.200. The van der Waals surface area contributed by atoms with Crippen molar-refractivity contribution in [2.24, 2.45) is 0 Å². The number of nitrogens with one attached hydrogen (secondary N) is 2. The Hall–Kier alpha value is -2.99. The molecule has 0 unspecified atom stereocenters. The highest BCUT2D eigenvalue weighted by atomic mass is 19.1. The van der Waals surface area contributed by atoms with Crippen molar-refractivity contribution in [1.29, 1.82) is 0 Å².